The van der Waals surface area contributed by atoms with E-state index in [1.807, 2.05) is 19.9 Å². The fraction of sp³-hybridized carbons (Fsp3) is 0.167. The highest BCUT2D eigenvalue weighted by atomic mass is 35.5. The van der Waals surface area contributed by atoms with Crippen molar-refractivity contribution in [1.82, 2.24) is 9.97 Å². The Morgan fingerprint density at radius 2 is 1.68 bits per heavy atom. The summed E-state index contributed by atoms with van der Waals surface area (Å²) in [6.07, 6.45) is 0. The molecular weight excluding hydrogens is 358 g/mol. The average Bonchev–Trinajstić information content (AvgIpc) is 2.58. The Balaban J connectivity index is 2.18. The van der Waals surface area contributed by atoms with Crippen LogP contribution < -0.4 is 0 Å². The van der Waals surface area contributed by atoms with Gasteiger partial charge in [-0.05, 0) is 49.2 Å². The minimum Gasteiger partial charge on any atom is -0.245 e. The zero-order valence-corrected chi connectivity index (χ0v) is 15.1. The molecule has 0 spiro atoms. The van der Waals surface area contributed by atoms with Crippen LogP contribution in [-0.2, 0) is 9.84 Å². The first-order chi connectivity index (χ1) is 11.8. The maximum absolute atomic E-state index is 13.0. The minimum absolute atomic E-state index is 0.0545. The van der Waals surface area contributed by atoms with Crippen LogP contribution in [0.4, 0.5) is 0 Å². The zero-order valence-electron chi connectivity index (χ0n) is 13.6. The molecule has 0 N–H and O–H groups in total. The van der Waals surface area contributed by atoms with Gasteiger partial charge in [0.05, 0.1) is 22.0 Å². The van der Waals surface area contributed by atoms with Crippen molar-refractivity contribution in [1.29, 1.82) is 5.26 Å². The largest absolute Gasteiger partial charge is 0.245 e. The van der Waals surface area contributed by atoms with Gasteiger partial charge in [0.1, 0.15) is 5.69 Å². The topological polar surface area (TPSA) is 83.7 Å². The molecule has 25 heavy (non-hydrogen) atoms. The standard InChI is InChI=1S/C18H14ClN3O2S/c1-11-7-8-13(9-12(11)2)25(23,24)16(10-20)17-18(19)22-15-6-4-3-5-14(15)21-17/h3-9,16H,1-2H3/t16-/m1/s1. The van der Waals surface area contributed by atoms with Crippen LogP contribution in [0.3, 0.4) is 0 Å². The number of sulfone groups is 1. The summed E-state index contributed by atoms with van der Waals surface area (Å²) in [4.78, 5) is 8.52. The molecule has 1 heterocycles. The molecule has 126 valence electrons. The molecule has 0 unspecified atom stereocenters. The lowest BCUT2D eigenvalue weighted by Crippen LogP contribution is -2.15. The molecule has 1 aromatic heterocycles. The number of halogens is 1. The van der Waals surface area contributed by atoms with E-state index in [0.717, 1.165) is 11.1 Å². The van der Waals surface area contributed by atoms with Crippen molar-refractivity contribution >= 4 is 32.5 Å². The predicted molar refractivity (Wildman–Crippen MR) is 96.0 cm³/mol. The number of aromatic nitrogens is 2. The summed E-state index contributed by atoms with van der Waals surface area (Å²) >= 11 is 6.14. The second-order valence-electron chi connectivity index (χ2n) is 5.69. The number of rotatable bonds is 3. The van der Waals surface area contributed by atoms with Gasteiger partial charge in [-0.1, -0.05) is 29.8 Å². The Hall–Kier alpha value is -2.49. The lowest BCUT2D eigenvalue weighted by Gasteiger charge is -2.13. The van der Waals surface area contributed by atoms with Crippen molar-refractivity contribution in [2.45, 2.75) is 24.0 Å². The summed E-state index contributed by atoms with van der Waals surface area (Å²) in [7, 11) is -3.98. The van der Waals surface area contributed by atoms with Crippen LogP contribution in [0, 0.1) is 25.2 Å². The molecular formula is C18H14ClN3O2S. The second kappa shape index (κ2) is 6.43. The molecule has 0 fully saturated rings. The lowest BCUT2D eigenvalue weighted by molar-refractivity contribution is 0.590. The third-order valence-electron chi connectivity index (χ3n) is 4.04. The highest BCUT2D eigenvalue weighted by molar-refractivity contribution is 7.92. The summed E-state index contributed by atoms with van der Waals surface area (Å²) in [5.74, 6) is 0. The van der Waals surface area contributed by atoms with Crippen LogP contribution in [0.15, 0.2) is 47.4 Å². The van der Waals surface area contributed by atoms with E-state index < -0.39 is 15.1 Å². The Bertz CT molecular complexity index is 1120. The first-order valence-electron chi connectivity index (χ1n) is 7.47. The van der Waals surface area contributed by atoms with E-state index in [0.29, 0.717) is 11.0 Å². The Morgan fingerprint density at radius 1 is 1.04 bits per heavy atom. The van der Waals surface area contributed by atoms with Crippen molar-refractivity contribution in [3.8, 4) is 6.07 Å². The Labute approximate surface area is 150 Å². The van der Waals surface area contributed by atoms with Crippen LogP contribution in [0.1, 0.15) is 22.1 Å². The smallest absolute Gasteiger partial charge is 0.200 e. The van der Waals surface area contributed by atoms with Crippen molar-refractivity contribution < 1.29 is 8.42 Å². The second-order valence-corrected chi connectivity index (χ2v) is 8.08. The minimum atomic E-state index is -3.98. The summed E-state index contributed by atoms with van der Waals surface area (Å²) in [6, 6.07) is 13.5. The van der Waals surface area contributed by atoms with Gasteiger partial charge in [0.15, 0.2) is 10.4 Å². The molecule has 0 aliphatic rings. The molecule has 0 amide bonds. The van der Waals surface area contributed by atoms with Crippen molar-refractivity contribution in [3.63, 3.8) is 0 Å². The molecule has 0 aliphatic heterocycles. The molecule has 0 saturated carbocycles. The van der Waals surface area contributed by atoms with Crippen LogP contribution >= 0.6 is 11.6 Å². The van der Waals surface area contributed by atoms with Gasteiger partial charge in [0, 0.05) is 0 Å². The van der Waals surface area contributed by atoms with Gasteiger partial charge >= 0.3 is 0 Å². The monoisotopic (exact) mass is 371 g/mol. The van der Waals surface area contributed by atoms with Gasteiger partial charge in [-0.3, -0.25) is 0 Å². The van der Waals surface area contributed by atoms with E-state index >= 15 is 0 Å². The predicted octanol–water partition coefficient (Wildman–Crippen LogP) is 3.94. The Morgan fingerprint density at radius 3 is 2.28 bits per heavy atom. The number of para-hydroxylation sites is 2. The maximum atomic E-state index is 13.0. The molecule has 0 saturated heterocycles. The van der Waals surface area contributed by atoms with E-state index in [1.165, 1.54) is 6.07 Å². The summed E-state index contributed by atoms with van der Waals surface area (Å²) < 4.78 is 25.9. The maximum Gasteiger partial charge on any atom is 0.200 e. The van der Waals surface area contributed by atoms with E-state index in [9.17, 15) is 13.7 Å². The summed E-state index contributed by atoms with van der Waals surface area (Å²) in [5.41, 5.74) is 2.76. The SMILES string of the molecule is Cc1ccc(S(=O)(=O)[C@H](C#N)c2nc3ccccc3nc2Cl)cc1C. The van der Waals surface area contributed by atoms with Gasteiger partial charge in [0.2, 0.25) is 9.84 Å². The molecule has 3 aromatic rings. The number of hydrogen-bond donors (Lipinski definition) is 0. The number of nitrogens with zero attached hydrogens (tertiary/aromatic N) is 3. The van der Waals surface area contributed by atoms with Crippen molar-refractivity contribution in [3.05, 3.63) is 64.4 Å². The third-order valence-corrected chi connectivity index (χ3v) is 6.17. The summed E-state index contributed by atoms with van der Waals surface area (Å²) in [5, 5.41) is 7.93. The van der Waals surface area contributed by atoms with E-state index in [4.69, 9.17) is 11.6 Å². The van der Waals surface area contributed by atoms with E-state index in [2.05, 4.69) is 9.97 Å². The van der Waals surface area contributed by atoms with Gasteiger partial charge in [-0.2, -0.15) is 5.26 Å². The molecule has 5 nitrogen and oxygen atoms in total. The van der Waals surface area contributed by atoms with E-state index in [-0.39, 0.29) is 15.7 Å². The van der Waals surface area contributed by atoms with Gasteiger partial charge in [-0.25, -0.2) is 18.4 Å². The first-order valence-corrected chi connectivity index (χ1v) is 9.40. The quantitative estimate of drug-likeness (QED) is 0.696. The highest BCUT2D eigenvalue weighted by Crippen LogP contribution is 2.32. The first kappa shape index (κ1) is 17.3. The van der Waals surface area contributed by atoms with Gasteiger partial charge in [-0.15, -0.1) is 0 Å². The van der Waals surface area contributed by atoms with Crippen LogP contribution in [0.25, 0.3) is 11.0 Å². The van der Waals surface area contributed by atoms with Crippen LogP contribution in [-0.4, -0.2) is 18.4 Å². The number of fused-ring (bicyclic) bond motifs is 1. The van der Waals surface area contributed by atoms with Gasteiger partial charge < -0.3 is 0 Å². The van der Waals surface area contributed by atoms with E-state index in [1.54, 1.807) is 36.4 Å². The fourth-order valence-corrected chi connectivity index (χ4v) is 4.24. The molecule has 1 atom stereocenters. The molecule has 0 bridgehead atoms. The highest BCUT2D eigenvalue weighted by Gasteiger charge is 2.33. The van der Waals surface area contributed by atoms with Crippen LogP contribution in [0.2, 0.25) is 5.15 Å². The van der Waals surface area contributed by atoms with Crippen molar-refractivity contribution in [2.24, 2.45) is 0 Å². The molecule has 3 rings (SSSR count). The number of nitriles is 1. The third kappa shape index (κ3) is 3.09. The average molecular weight is 372 g/mol. The molecule has 0 radical (unpaired) electrons. The van der Waals surface area contributed by atoms with Crippen molar-refractivity contribution in [2.75, 3.05) is 0 Å². The molecule has 2 aromatic carbocycles. The lowest BCUT2D eigenvalue weighted by atomic mass is 10.1. The normalized spacial score (nSPS) is 12.7. The zero-order chi connectivity index (χ0) is 18.2. The molecule has 7 heteroatoms. The Kier molecular flexibility index (Phi) is 4.46. The number of aryl methyl sites for hydroxylation is 2. The summed E-state index contributed by atoms with van der Waals surface area (Å²) in [6.45, 7) is 3.71. The van der Waals surface area contributed by atoms with Crippen LogP contribution in [0.5, 0.6) is 0 Å². The molecule has 0 aliphatic carbocycles. The number of hydrogen-bond acceptors (Lipinski definition) is 5. The fourth-order valence-electron chi connectivity index (χ4n) is 2.46. The van der Waals surface area contributed by atoms with Gasteiger partial charge in [0.25, 0.3) is 0 Å². The number of benzene rings is 2.